The van der Waals surface area contributed by atoms with Crippen LogP contribution in [0.1, 0.15) is 11.1 Å². The Hall–Kier alpha value is -3.23. The van der Waals surface area contributed by atoms with Crippen molar-refractivity contribution in [2.45, 2.75) is 0 Å². The molecule has 0 radical (unpaired) electrons. The number of nitriles is 2. The lowest BCUT2D eigenvalue weighted by molar-refractivity contribution is 0.624. The maximum atomic E-state index is 13.0. The summed E-state index contributed by atoms with van der Waals surface area (Å²) in [5, 5.41) is 17.2. The van der Waals surface area contributed by atoms with E-state index < -0.39 is 11.6 Å². The van der Waals surface area contributed by atoms with Crippen LogP contribution >= 0.6 is 11.3 Å². The Morgan fingerprint density at radius 1 is 0.957 bits per heavy atom. The molecule has 0 aliphatic carbocycles. The Morgan fingerprint density at radius 2 is 1.61 bits per heavy atom. The second kappa shape index (κ2) is 6.69. The summed E-state index contributed by atoms with van der Waals surface area (Å²) in [5.74, 6) is -1.12. The van der Waals surface area contributed by atoms with Crippen molar-refractivity contribution in [1.29, 1.82) is 10.5 Å². The Balaban J connectivity index is 0.000000174. The number of benzene rings is 2. The van der Waals surface area contributed by atoms with Gasteiger partial charge < -0.3 is 11.5 Å². The molecule has 0 saturated heterocycles. The van der Waals surface area contributed by atoms with Crippen molar-refractivity contribution >= 4 is 32.4 Å². The number of halogens is 2. The van der Waals surface area contributed by atoms with Gasteiger partial charge in [-0.05, 0) is 24.3 Å². The summed E-state index contributed by atoms with van der Waals surface area (Å²) < 4.78 is 26.3. The molecule has 4 N–H and O–H groups in total. The van der Waals surface area contributed by atoms with Gasteiger partial charge in [-0.2, -0.15) is 10.5 Å². The summed E-state index contributed by atoms with van der Waals surface area (Å²) in [6, 6.07) is 10.1. The minimum absolute atomic E-state index is 0.0224. The lowest BCUT2D eigenvalue weighted by Crippen LogP contribution is -1.88. The highest BCUT2D eigenvalue weighted by Gasteiger charge is 2.07. The number of nitrogens with zero attached hydrogens (tertiary/aromatic N) is 3. The summed E-state index contributed by atoms with van der Waals surface area (Å²) in [6.45, 7) is 0. The molecule has 0 atom stereocenters. The maximum Gasteiger partial charge on any atom is 0.181 e. The highest BCUT2D eigenvalue weighted by molar-refractivity contribution is 7.22. The summed E-state index contributed by atoms with van der Waals surface area (Å²) in [7, 11) is 0. The van der Waals surface area contributed by atoms with Crippen LogP contribution in [0, 0.1) is 34.3 Å². The number of nitrogen functional groups attached to an aromatic ring is 2. The molecule has 0 saturated carbocycles. The smallest absolute Gasteiger partial charge is 0.181 e. The second-order valence-electron chi connectivity index (χ2n) is 4.31. The largest absolute Gasteiger partial charge is 0.399 e. The molecule has 2 aromatic carbocycles. The van der Waals surface area contributed by atoms with Crippen LogP contribution in [0.5, 0.6) is 0 Å². The molecule has 0 spiro atoms. The average Bonchev–Trinajstić information content (AvgIpc) is 2.86. The number of aromatic nitrogens is 1. The predicted molar refractivity (Wildman–Crippen MR) is 84.2 cm³/mol. The molecule has 8 heteroatoms. The highest BCUT2D eigenvalue weighted by atomic mass is 32.1. The third-order valence-corrected chi connectivity index (χ3v) is 3.58. The van der Waals surface area contributed by atoms with Gasteiger partial charge >= 0.3 is 0 Å². The molecular weight excluding hydrogens is 320 g/mol. The Kier molecular flexibility index (Phi) is 4.69. The molecule has 3 aromatic rings. The van der Waals surface area contributed by atoms with E-state index in [0.29, 0.717) is 16.3 Å². The number of nitrogens with two attached hydrogens (primary N) is 2. The standard InChI is InChI=1S/C8H4FN3S.C7H5FN2/c9-5-2-6-7(1-4(5)3-10)13-8(11)12-6;8-7-3-6(10)2-1-5(7)4-9/h1-2H,(H2,11,12);1-3H,10H2. The van der Waals surface area contributed by atoms with E-state index in [2.05, 4.69) is 4.98 Å². The van der Waals surface area contributed by atoms with Gasteiger partial charge in [-0.25, -0.2) is 13.8 Å². The molecule has 5 nitrogen and oxygen atoms in total. The second-order valence-corrected chi connectivity index (χ2v) is 5.38. The molecule has 1 aromatic heterocycles. The van der Waals surface area contributed by atoms with E-state index in [1.165, 1.54) is 35.6 Å². The van der Waals surface area contributed by atoms with Gasteiger partial charge in [-0.15, -0.1) is 0 Å². The van der Waals surface area contributed by atoms with Crippen molar-refractivity contribution in [3.63, 3.8) is 0 Å². The first-order chi connectivity index (χ1) is 10.9. The lowest BCUT2D eigenvalue weighted by Gasteiger charge is -1.93. The molecule has 0 aliphatic rings. The van der Waals surface area contributed by atoms with E-state index in [0.717, 1.165) is 10.8 Å². The highest BCUT2D eigenvalue weighted by Crippen LogP contribution is 2.25. The number of hydrogen-bond donors (Lipinski definition) is 2. The Bertz CT molecular complexity index is 953. The molecule has 0 fully saturated rings. The monoisotopic (exact) mass is 329 g/mol. The number of rotatable bonds is 0. The predicted octanol–water partition coefficient (Wildman–Crippen LogP) is 3.17. The molecule has 0 unspecified atom stereocenters. The zero-order valence-electron chi connectivity index (χ0n) is 11.5. The van der Waals surface area contributed by atoms with Crippen LogP contribution in [0.2, 0.25) is 0 Å². The van der Waals surface area contributed by atoms with Crippen molar-refractivity contribution in [2.75, 3.05) is 11.5 Å². The van der Waals surface area contributed by atoms with Gasteiger partial charge in [0.2, 0.25) is 0 Å². The van der Waals surface area contributed by atoms with E-state index in [4.69, 9.17) is 22.0 Å². The first-order valence-corrected chi connectivity index (χ1v) is 6.97. The van der Waals surface area contributed by atoms with E-state index >= 15 is 0 Å². The molecule has 23 heavy (non-hydrogen) atoms. The zero-order chi connectivity index (χ0) is 17.0. The van der Waals surface area contributed by atoms with Crippen LogP contribution in [-0.4, -0.2) is 4.98 Å². The molecule has 0 amide bonds. The molecular formula is C15H9F2N5S. The van der Waals surface area contributed by atoms with E-state index in [-0.39, 0.29) is 11.1 Å². The number of anilines is 2. The fourth-order valence-electron chi connectivity index (χ4n) is 1.67. The maximum absolute atomic E-state index is 13.0. The van der Waals surface area contributed by atoms with Gasteiger partial charge in [-0.1, -0.05) is 11.3 Å². The molecule has 0 aliphatic heterocycles. The molecule has 3 rings (SSSR count). The zero-order valence-corrected chi connectivity index (χ0v) is 12.4. The number of fused-ring (bicyclic) bond motifs is 1. The van der Waals surface area contributed by atoms with Gasteiger partial charge in [0.15, 0.2) is 5.13 Å². The van der Waals surface area contributed by atoms with Gasteiger partial charge in [0.25, 0.3) is 0 Å². The van der Waals surface area contributed by atoms with Gasteiger partial charge in [0.05, 0.1) is 21.3 Å². The molecule has 0 bridgehead atoms. The topological polar surface area (TPSA) is 113 Å². The minimum Gasteiger partial charge on any atom is -0.399 e. The number of thiazole rings is 1. The summed E-state index contributed by atoms with van der Waals surface area (Å²) in [5.41, 5.74) is 11.5. The fraction of sp³-hybridized carbons (Fsp3) is 0. The Morgan fingerprint density at radius 3 is 2.22 bits per heavy atom. The van der Waals surface area contributed by atoms with E-state index in [1.807, 2.05) is 0 Å². The molecule has 1 heterocycles. The van der Waals surface area contributed by atoms with Crippen molar-refractivity contribution in [2.24, 2.45) is 0 Å². The van der Waals surface area contributed by atoms with Gasteiger partial charge in [-0.3, -0.25) is 0 Å². The molecule has 114 valence electrons. The first-order valence-electron chi connectivity index (χ1n) is 6.15. The van der Waals surface area contributed by atoms with E-state index in [1.54, 1.807) is 12.1 Å². The van der Waals surface area contributed by atoms with Crippen LogP contribution in [-0.2, 0) is 0 Å². The summed E-state index contributed by atoms with van der Waals surface area (Å²) >= 11 is 1.24. The third kappa shape index (κ3) is 3.70. The summed E-state index contributed by atoms with van der Waals surface area (Å²) in [6.07, 6.45) is 0. The van der Waals surface area contributed by atoms with Crippen LogP contribution in [0.4, 0.5) is 19.6 Å². The van der Waals surface area contributed by atoms with E-state index in [9.17, 15) is 8.78 Å². The van der Waals surface area contributed by atoms with Crippen LogP contribution in [0.25, 0.3) is 10.2 Å². The van der Waals surface area contributed by atoms with Crippen molar-refractivity contribution in [1.82, 2.24) is 4.98 Å². The minimum atomic E-state index is -0.567. The van der Waals surface area contributed by atoms with Gasteiger partial charge in [0, 0.05) is 11.8 Å². The van der Waals surface area contributed by atoms with Crippen LogP contribution < -0.4 is 11.5 Å². The first kappa shape index (κ1) is 16.1. The normalized spacial score (nSPS) is 9.57. The van der Waals surface area contributed by atoms with Crippen LogP contribution in [0.15, 0.2) is 30.3 Å². The Labute approximate surface area is 134 Å². The van der Waals surface area contributed by atoms with Crippen molar-refractivity contribution < 1.29 is 8.78 Å². The average molecular weight is 329 g/mol. The fourth-order valence-corrected chi connectivity index (χ4v) is 2.43. The quantitative estimate of drug-likeness (QED) is 0.615. The van der Waals surface area contributed by atoms with Crippen molar-refractivity contribution in [3.05, 3.63) is 53.1 Å². The SMILES string of the molecule is N#Cc1cc2sc(N)nc2cc1F.N#Cc1ccc(N)cc1F. The lowest BCUT2D eigenvalue weighted by atomic mass is 10.2. The van der Waals surface area contributed by atoms with Crippen LogP contribution in [0.3, 0.4) is 0 Å². The van der Waals surface area contributed by atoms with Gasteiger partial charge in [0.1, 0.15) is 23.8 Å². The summed E-state index contributed by atoms with van der Waals surface area (Å²) in [4.78, 5) is 3.90. The van der Waals surface area contributed by atoms with Crippen molar-refractivity contribution in [3.8, 4) is 12.1 Å². The number of hydrogen-bond acceptors (Lipinski definition) is 6. The third-order valence-electron chi connectivity index (χ3n) is 2.73.